The van der Waals surface area contributed by atoms with Crippen molar-refractivity contribution in [2.45, 2.75) is 6.42 Å². The van der Waals surface area contributed by atoms with Gasteiger partial charge in [0.1, 0.15) is 17.5 Å². The van der Waals surface area contributed by atoms with E-state index >= 15 is 0 Å². The summed E-state index contributed by atoms with van der Waals surface area (Å²) in [5.74, 6) is -1.94. The molecule has 20 heavy (non-hydrogen) atoms. The Balaban J connectivity index is 2.37. The highest BCUT2D eigenvalue weighted by molar-refractivity contribution is 7.95. The van der Waals surface area contributed by atoms with Gasteiger partial charge in [0.05, 0.1) is 7.27 Å². The van der Waals surface area contributed by atoms with Gasteiger partial charge in [-0.25, -0.2) is 13.2 Å². The summed E-state index contributed by atoms with van der Waals surface area (Å²) in [5.41, 5.74) is 0.765. The maximum absolute atomic E-state index is 14.0. The zero-order valence-electron chi connectivity index (χ0n) is 10.4. The van der Waals surface area contributed by atoms with E-state index in [2.05, 4.69) is 6.58 Å². The fraction of sp³-hybridized carbons (Fsp3) is 0.0667. The minimum atomic E-state index is -1.72. The van der Waals surface area contributed by atoms with E-state index in [9.17, 15) is 13.2 Å². The highest BCUT2D eigenvalue weighted by Crippen LogP contribution is 2.40. The lowest BCUT2D eigenvalue weighted by Crippen LogP contribution is -2.15. The zero-order chi connectivity index (χ0) is 14.7. The van der Waals surface area contributed by atoms with Crippen molar-refractivity contribution in [2.24, 2.45) is 0 Å². The lowest BCUT2D eigenvalue weighted by atomic mass is 10.1. The van der Waals surface area contributed by atoms with Crippen LogP contribution >= 0.6 is 18.5 Å². The predicted octanol–water partition coefficient (Wildman–Crippen LogP) is 4.42. The van der Waals surface area contributed by atoms with Crippen LogP contribution in [0.5, 0.6) is 0 Å². The molecule has 2 rings (SSSR count). The summed E-state index contributed by atoms with van der Waals surface area (Å²) in [5, 5.41) is 0.332. The van der Waals surface area contributed by atoms with Gasteiger partial charge in [-0.2, -0.15) is 0 Å². The standard InChI is InChI=1S/C15H11ClF3P/c1-2-3-10-4-6-14(12(18)8-10)20(16)15-7-5-11(17)9-13(15)19/h2,4-9H,1,3H2. The second-order valence-electron chi connectivity index (χ2n) is 4.16. The largest absolute Gasteiger partial charge is 0.207 e. The molecule has 1 atom stereocenters. The summed E-state index contributed by atoms with van der Waals surface area (Å²) >= 11 is 6.17. The molecule has 5 heteroatoms. The monoisotopic (exact) mass is 314 g/mol. The molecule has 104 valence electrons. The Labute approximate surface area is 121 Å². The first-order valence-electron chi connectivity index (χ1n) is 5.83. The van der Waals surface area contributed by atoms with Gasteiger partial charge in [-0.05, 0) is 36.2 Å². The Morgan fingerprint density at radius 2 is 1.60 bits per heavy atom. The first-order chi connectivity index (χ1) is 9.52. The van der Waals surface area contributed by atoms with Gasteiger partial charge in [0.25, 0.3) is 0 Å². The van der Waals surface area contributed by atoms with Crippen LogP contribution in [0.3, 0.4) is 0 Å². The molecule has 0 aliphatic carbocycles. The van der Waals surface area contributed by atoms with E-state index in [4.69, 9.17) is 11.2 Å². The molecule has 0 nitrogen and oxygen atoms in total. The van der Waals surface area contributed by atoms with Gasteiger partial charge in [-0.3, -0.25) is 0 Å². The van der Waals surface area contributed by atoms with Gasteiger partial charge in [-0.1, -0.05) is 23.4 Å². The van der Waals surface area contributed by atoms with Crippen molar-refractivity contribution in [2.75, 3.05) is 0 Å². The molecule has 0 radical (unpaired) electrons. The first kappa shape index (κ1) is 15.1. The molecular weight excluding hydrogens is 304 g/mol. The van der Waals surface area contributed by atoms with E-state index in [1.54, 1.807) is 12.1 Å². The van der Waals surface area contributed by atoms with Crippen LogP contribution < -0.4 is 10.6 Å². The quantitative estimate of drug-likeness (QED) is 0.579. The Morgan fingerprint density at radius 1 is 1.00 bits per heavy atom. The van der Waals surface area contributed by atoms with E-state index < -0.39 is 24.7 Å². The maximum atomic E-state index is 14.0. The van der Waals surface area contributed by atoms with Crippen LogP contribution in [-0.2, 0) is 6.42 Å². The fourth-order valence-corrected chi connectivity index (χ4v) is 3.77. The van der Waals surface area contributed by atoms with Crippen LogP contribution in [0.1, 0.15) is 5.56 Å². The van der Waals surface area contributed by atoms with Gasteiger partial charge >= 0.3 is 0 Å². The molecule has 2 aromatic rings. The summed E-state index contributed by atoms with van der Waals surface area (Å²) in [7, 11) is -1.72. The summed E-state index contributed by atoms with van der Waals surface area (Å²) in [6, 6.07) is 7.72. The van der Waals surface area contributed by atoms with Gasteiger partial charge in [0.15, 0.2) is 0 Å². The minimum absolute atomic E-state index is 0.110. The molecule has 1 unspecified atom stereocenters. The van der Waals surface area contributed by atoms with Crippen LogP contribution in [0.25, 0.3) is 0 Å². The van der Waals surface area contributed by atoms with Crippen LogP contribution in [0.15, 0.2) is 49.1 Å². The molecule has 0 aromatic heterocycles. The van der Waals surface area contributed by atoms with Gasteiger partial charge in [0.2, 0.25) is 0 Å². The van der Waals surface area contributed by atoms with Crippen molar-refractivity contribution >= 4 is 29.1 Å². The van der Waals surface area contributed by atoms with Crippen molar-refractivity contribution in [1.82, 2.24) is 0 Å². The van der Waals surface area contributed by atoms with Crippen molar-refractivity contribution in [1.29, 1.82) is 0 Å². The molecule has 0 spiro atoms. The van der Waals surface area contributed by atoms with Crippen LogP contribution in [0.2, 0.25) is 0 Å². The van der Waals surface area contributed by atoms with Crippen LogP contribution in [-0.4, -0.2) is 0 Å². The smallest absolute Gasteiger partial charge is 0.135 e. The highest BCUT2D eigenvalue weighted by Gasteiger charge is 2.19. The average molecular weight is 315 g/mol. The molecule has 0 heterocycles. The summed E-state index contributed by atoms with van der Waals surface area (Å²) in [6.45, 7) is 3.58. The molecule has 2 aromatic carbocycles. The van der Waals surface area contributed by atoms with Crippen molar-refractivity contribution in [3.05, 3.63) is 72.1 Å². The van der Waals surface area contributed by atoms with Gasteiger partial charge in [0, 0.05) is 16.7 Å². The van der Waals surface area contributed by atoms with Gasteiger partial charge in [-0.15, -0.1) is 6.58 Å². The van der Waals surface area contributed by atoms with Crippen LogP contribution in [0.4, 0.5) is 13.2 Å². The number of halogens is 4. The fourth-order valence-electron chi connectivity index (χ4n) is 1.77. The average Bonchev–Trinajstić information content (AvgIpc) is 2.38. The van der Waals surface area contributed by atoms with E-state index in [1.165, 1.54) is 18.2 Å². The Hall–Kier alpha value is -1.31. The Morgan fingerprint density at radius 3 is 2.15 bits per heavy atom. The second-order valence-corrected chi connectivity index (χ2v) is 6.69. The third kappa shape index (κ3) is 3.23. The lowest BCUT2D eigenvalue weighted by molar-refractivity contribution is 0.588. The SMILES string of the molecule is C=CCc1ccc(P(Cl)c2ccc(F)cc2F)c(F)c1. The Kier molecular flexibility index (Phi) is 4.85. The minimum Gasteiger partial charge on any atom is -0.207 e. The molecule has 0 saturated heterocycles. The van der Waals surface area contributed by atoms with Crippen LogP contribution in [0, 0.1) is 17.5 Å². The number of hydrogen-bond donors (Lipinski definition) is 0. The summed E-state index contributed by atoms with van der Waals surface area (Å²) in [6.07, 6.45) is 2.21. The molecule has 0 aliphatic heterocycles. The number of allylic oxidation sites excluding steroid dienone is 1. The predicted molar refractivity (Wildman–Crippen MR) is 78.7 cm³/mol. The van der Waals surface area contributed by atoms with E-state index in [0.29, 0.717) is 6.42 Å². The molecule has 0 saturated carbocycles. The number of rotatable bonds is 4. The lowest BCUT2D eigenvalue weighted by Gasteiger charge is -2.13. The molecule has 0 amide bonds. The van der Waals surface area contributed by atoms with Crippen molar-refractivity contribution < 1.29 is 13.2 Å². The van der Waals surface area contributed by atoms with E-state index in [0.717, 1.165) is 17.7 Å². The first-order valence-corrected chi connectivity index (χ1v) is 8.08. The number of benzene rings is 2. The Bertz CT molecular complexity index is 643. The molecule has 0 aliphatic rings. The third-order valence-corrected chi connectivity index (χ3v) is 5.39. The van der Waals surface area contributed by atoms with Gasteiger partial charge < -0.3 is 0 Å². The third-order valence-electron chi connectivity index (χ3n) is 2.72. The number of hydrogen-bond acceptors (Lipinski definition) is 0. The summed E-state index contributed by atoms with van der Waals surface area (Å²) in [4.78, 5) is 0. The molecule has 0 fully saturated rings. The molecule has 0 N–H and O–H groups in total. The van der Waals surface area contributed by atoms with Crippen molar-refractivity contribution in [3.63, 3.8) is 0 Å². The van der Waals surface area contributed by atoms with E-state index in [-0.39, 0.29) is 10.6 Å². The van der Waals surface area contributed by atoms with Crippen molar-refractivity contribution in [3.8, 4) is 0 Å². The van der Waals surface area contributed by atoms with E-state index in [1.807, 2.05) is 0 Å². The zero-order valence-corrected chi connectivity index (χ0v) is 12.1. The topological polar surface area (TPSA) is 0 Å². The second kappa shape index (κ2) is 6.43. The maximum Gasteiger partial charge on any atom is 0.135 e. The highest BCUT2D eigenvalue weighted by atomic mass is 35.7. The molecular formula is C15H11ClF3P. The summed E-state index contributed by atoms with van der Waals surface area (Å²) < 4.78 is 40.6. The normalized spacial score (nSPS) is 12.2. The molecule has 0 bridgehead atoms.